The highest BCUT2D eigenvalue weighted by Crippen LogP contribution is 2.30. The van der Waals surface area contributed by atoms with Gasteiger partial charge in [-0.1, -0.05) is 24.3 Å². The summed E-state index contributed by atoms with van der Waals surface area (Å²) in [5.41, 5.74) is 10.6. The van der Waals surface area contributed by atoms with E-state index in [0.717, 1.165) is 33.4 Å². The number of rotatable bonds is 1. The SMILES string of the molecule is Cc1ccnc(-c2cccc3cccnc23)c1N. The summed E-state index contributed by atoms with van der Waals surface area (Å²) in [6.45, 7) is 1.99. The van der Waals surface area contributed by atoms with Crippen LogP contribution in [0.1, 0.15) is 5.56 Å². The van der Waals surface area contributed by atoms with Crippen LogP contribution in [-0.2, 0) is 0 Å². The van der Waals surface area contributed by atoms with Crippen molar-refractivity contribution in [3.05, 3.63) is 54.4 Å². The van der Waals surface area contributed by atoms with Crippen molar-refractivity contribution in [3.63, 3.8) is 0 Å². The molecule has 0 aliphatic heterocycles. The number of nitrogen functional groups attached to an aromatic ring is 1. The number of nitrogens with zero attached hydrogens (tertiary/aromatic N) is 2. The number of aromatic nitrogens is 2. The summed E-state index contributed by atoms with van der Waals surface area (Å²) in [6.07, 6.45) is 3.57. The van der Waals surface area contributed by atoms with E-state index < -0.39 is 0 Å². The van der Waals surface area contributed by atoms with Crippen molar-refractivity contribution >= 4 is 16.6 Å². The molecule has 0 bridgehead atoms. The van der Waals surface area contributed by atoms with Crippen LogP contribution < -0.4 is 5.73 Å². The van der Waals surface area contributed by atoms with E-state index in [1.54, 1.807) is 12.4 Å². The van der Waals surface area contributed by atoms with Gasteiger partial charge >= 0.3 is 0 Å². The van der Waals surface area contributed by atoms with Crippen LogP contribution in [0.3, 0.4) is 0 Å². The van der Waals surface area contributed by atoms with E-state index in [1.807, 2.05) is 43.3 Å². The molecular formula is C15H13N3. The lowest BCUT2D eigenvalue weighted by Gasteiger charge is -2.09. The standard InChI is InChI=1S/C15H13N3/c1-10-7-9-18-15(13(10)16)12-6-2-4-11-5-3-8-17-14(11)12/h2-9H,16H2,1H3. The third-order valence-corrected chi connectivity index (χ3v) is 3.10. The summed E-state index contributed by atoms with van der Waals surface area (Å²) >= 11 is 0. The summed E-state index contributed by atoms with van der Waals surface area (Å²) in [7, 11) is 0. The van der Waals surface area contributed by atoms with Gasteiger partial charge in [-0.15, -0.1) is 0 Å². The molecule has 0 amide bonds. The number of para-hydroxylation sites is 1. The number of anilines is 1. The maximum absolute atomic E-state index is 6.12. The molecule has 2 N–H and O–H groups in total. The lowest BCUT2D eigenvalue weighted by atomic mass is 10.0. The van der Waals surface area contributed by atoms with Crippen LogP contribution in [0, 0.1) is 6.92 Å². The molecule has 3 heteroatoms. The molecule has 88 valence electrons. The summed E-state index contributed by atoms with van der Waals surface area (Å²) in [5.74, 6) is 0. The van der Waals surface area contributed by atoms with Gasteiger partial charge in [0.25, 0.3) is 0 Å². The van der Waals surface area contributed by atoms with E-state index in [9.17, 15) is 0 Å². The molecule has 2 aromatic heterocycles. The van der Waals surface area contributed by atoms with Gasteiger partial charge in [0.2, 0.25) is 0 Å². The third-order valence-electron chi connectivity index (χ3n) is 3.10. The van der Waals surface area contributed by atoms with Crippen LogP contribution in [0.5, 0.6) is 0 Å². The zero-order valence-corrected chi connectivity index (χ0v) is 10.1. The molecule has 18 heavy (non-hydrogen) atoms. The van der Waals surface area contributed by atoms with Crippen molar-refractivity contribution in [2.24, 2.45) is 0 Å². The highest BCUT2D eigenvalue weighted by molar-refractivity contribution is 5.95. The topological polar surface area (TPSA) is 51.8 Å². The van der Waals surface area contributed by atoms with E-state index in [1.165, 1.54) is 0 Å². The van der Waals surface area contributed by atoms with E-state index >= 15 is 0 Å². The van der Waals surface area contributed by atoms with Crippen LogP contribution >= 0.6 is 0 Å². The molecule has 0 saturated carbocycles. The largest absolute Gasteiger partial charge is 0.397 e. The number of nitrogens with two attached hydrogens (primary N) is 1. The lowest BCUT2D eigenvalue weighted by molar-refractivity contribution is 1.29. The molecule has 0 aliphatic carbocycles. The van der Waals surface area contributed by atoms with Crippen molar-refractivity contribution in [2.75, 3.05) is 5.73 Å². The summed E-state index contributed by atoms with van der Waals surface area (Å²) in [6, 6.07) is 11.9. The average molecular weight is 235 g/mol. The van der Waals surface area contributed by atoms with E-state index in [2.05, 4.69) is 9.97 Å². The normalized spacial score (nSPS) is 10.7. The molecule has 2 heterocycles. The van der Waals surface area contributed by atoms with Gasteiger partial charge in [-0.3, -0.25) is 9.97 Å². The Kier molecular flexibility index (Phi) is 2.45. The molecular weight excluding hydrogens is 222 g/mol. The molecule has 0 atom stereocenters. The van der Waals surface area contributed by atoms with Gasteiger partial charge in [-0.2, -0.15) is 0 Å². The number of pyridine rings is 2. The predicted octanol–water partition coefficient (Wildman–Crippen LogP) is 3.19. The average Bonchev–Trinajstić information content (AvgIpc) is 2.41. The minimum Gasteiger partial charge on any atom is -0.397 e. The Morgan fingerprint density at radius 3 is 2.67 bits per heavy atom. The zero-order valence-electron chi connectivity index (χ0n) is 10.1. The quantitative estimate of drug-likeness (QED) is 0.704. The van der Waals surface area contributed by atoms with Crippen LogP contribution in [0.15, 0.2) is 48.8 Å². The number of aryl methyl sites for hydroxylation is 1. The first-order valence-electron chi connectivity index (χ1n) is 5.82. The second-order valence-electron chi connectivity index (χ2n) is 4.27. The molecule has 1 aromatic carbocycles. The maximum atomic E-state index is 6.12. The highest BCUT2D eigenvalue weighted by atomic mass is 14.7. The molecule has 3 rings (SSSR count). The molecule has 0 unspecified atom stereocenters. The van der Waals surface area contributed by atoms with E-state index in [0.29, 0.717) is 0 Å². The Hall–Kier alpha value is -2.42. The third kappa shape index (κ3) is 1.61. The Balaban J connectivity index is 2.35. The van der Waals surface area contributed by atoms with Crippen molar-refractivity contribution in [1.29, 1.82) is 0 Å². The Bertz CT molecular complexity index is 715. The predicted molar refractivity (Wildman–Crippen MR) is 74.1 cm³/mol. The smallest absolute Gasteiger partial charge is 0.0955 e. The summed E-state index contributed by atoms with van der Waals surface area (Å²) < 4.78 is 0. The Morgan fingerprint density at radius 2 is 1.78 bits per heavy atom. The first-order chi connectivity index (χ1) is 8.77. The number of fused-ring (bicyclic) bond motifs is 1. The second-order valence-corrected chi connectivity index (χ2v) is 4.27. The van der Waals surface area contributed by atoms with Gasteiger partial charge in [-0.05, 0) is 24.6 Å². The van der Waals surface area contributed by atoms with Crippen LogP contribution in [0.4, 0.5) is 5.69 Å². The van der Waals surface area contributed by atoms with Crippen molar-refractivity contribution in [3.8, 4) is 11.3 Å². The van der Waals surface area contributed by atoms with Crippen LogP contribution in [0.25, 0.3) is 22.2 Å². The van der Waals surface area contributed by atoms with Crippen molar-refractivity contribution in [2.45, 2.75) is 6.92 Å². The Labute approximate surface area is 105 Å². The fraction of sp³-hybridized carbons (Fsp3) is 0.0667. The fourth-order valence-electron chi connectivity index (χ4n) is 2.08. The molecule has 0 saturated heterocycles. The maximum Gasteiger partial charge on any atom is 0.0955 e. The molecule has 3 aromatic rings. The first-order valence-corrected chi connectivity index (χ1v) is 5.82. The molecule has 0 aliphatic rings. The fourth-order valence-corrected chi connectivity index (χ4v) is 2.08. The van der Waals surface area contributed by atoms with Gasteiger partial charge in [0.05, 0.1) is 16.9 Å². The van der Waals surface area contributed by atoms with Gasteiger partial charge in [-0.25, -0.2) is 0 Å². The zero-order chi connectivity index (χ0) is 12.5. The monoisotopic (exact) mass is 235 g/mol. The van der Waals surface area contributed by atoms with Gasteiger partial charge in [0, 0.05) is 23.3 Å². The summed E-state index contributed by atoms with van der Waals surface area (Å²) in [5, 5.41) is 1.10. The van der Waals surface area contributed by atoms with Crippen LogP contribution in [-0.4, -0.2) is 9.97 Å². The number of hydrogen-bond donors (Lipinski definition) is 1. The highest BCUT2D eigenvalue weighted by Gasteiger charge is 2.10. The number of benzene rings is 1. The minimum atomic E-state index is 0.718. The van der Waals surface area contributed by atoms with Crippen LogP contribution in [0.2, 0.25) is 0 Å². The van der Waals surface area contributed by atoms with E-state index in [4.69, 9.17) is 5.73 Å². The molecule has 0 spiro atoms. The van der Waals surface area contributed by atoms with E-state index in [-0.39, 0.29) is 0 Å². The lowest BCUT2D eigenvalue weighted by Crippen LogP contribution is -1.97. The number of hydrogen-bond acceptors (Lipinski definition) is 3. The summed E-state index contributed by atoms with van der Waals surface area (Å²) in [4.78, 5) is 8.83. The molecule has 0 radical (unpaired) electrons. The molecule has 0 fully saturated rings. The van der Waals surface area contributed by atoms with Gasteiger partial charge in [0.15, 0.2) is 0 Å². The molecule has 3 nitrogen and oxygen atoms in total. The first kappa shape index (κ1) is 10.7. The van der Waals surface area contributed by atoms with Crippen molar-refractivity contribution in [1.82, 2.24) is 9.97 Å². The van der Waals surface area contributed by atoms with Gasteiger partial charge < -0.3 is 5.73 Å². The van der Waals surface area contributed by atoms with Gasteiger partial charge in [0.1, 0.15) is 0 Å². The van der Waals surface area contributed by atoms with Crippen molar-refractivity contribution < 1.29 is 0 Å². The second kappa shape index (κ2) is 4.11. The minimum absolute atomic E-state index is 0.718. The Morgan fingerprint density at radius 1 is 0.944 bits per heavy atom.